The highest BCUT2D eigenvalue weighted by molar-refractivity contribution is 7.91. The molecule has 7 heteroatoms. The molecule has 1 aliphatic heterocycles. The molecule has 0 radical (unpaired) electrons. The summed E-state index contributed by atoms with van der Waals surface area (Å²) in [5.41, 5.74) is 1.51. The number of imidazole rings is 1. The molecule has 0 atom stereocenters. The summed E-state index contributed by atoms with van der Waals surface area (Å²) in [5.74, 6) is -0.569. The van der Waals surface area contributed by atoms with Crippen LogP contribution in [0.5, 0.6) is 0 Å². The van der Waals surface area contributed by atoms with Crippen LogP contribution in [0.2, 0.25) is 0 Å². The number of fused-ring (bicyclic) bond motifs is 1. The fourth-order valence-electron chi connectivity index (χ4n) is 2.59. The summed E-state index contributed by atoms with van der Waals surface area (Å²) in [5, 5.41) is 9.14. The number of pyridine rings is 1. The average molecular weight is 294 g/mol. The largest absolute Gasteiger partial charge is 0.477 e. The number of rotatable bonds is 2. The molecule has 0 unspecified atom stereocenters. The Balaban J connectivity index is 1.98. The lowest BCUT2D eigenvalue weighted by atomic mass is 10.00. The SMILES string of the molecule is O=C(O)c1cccc2nc(C3CCS(=O)(=O)CC3)cn12. The van der Waals surface area contributed by atoms with Crippen LogP contribution in [-0.2, 0) is 9.84 Å². The van der Waals surface area contributed by atoms with E-state index >= 15 is 0 Å². The van der Waals surface area contributed by atoms with E-state index in [1.165, 1.54) is 6.07 Å². The summed E-state index contributed by atoms with van der Waals surface area (Å²) in [6.45, 7) is 0. The van der Waals surface area contributed by atoms with Gasteiger partial charge in [0.05, 0.1) is 17.2 Å². The zero-order valence-corrected chi connectivity index (χ0v) is 11.5. The third kappa shape index (κ3) is 2.29. The van der Waals surface area contributed by atoms with E-state index in [4.69, 9.17) is 5.11 Å². The summed E-state index contributed by atoms with van der Waals surface area (Å²) in [7, 11) is -2.90. The van der Waals surface area contributed by atoms with Crippen LogP contribution in [0.3, 0.4) is 0 Å². The fourth-order valence-corrected chi connectivity index (χ4v) is 4.08. The van der Waals surface area contributed by atoms with E-state index in [0.29, 0.717) is 18.5 Å². The summed E-state index contributed by atoms with van der Waals surface area (Å²) >= 11 is 0. The Hall–Kier alpha value is -1.89. The molecule has 106 valence electrons. The van der Waals surface area contributed by atoms with Crippen LogP contribution < -0.4 is 0 Å². The Bertz CT molecular complexity index is 765. The molecule has 20 heavy (non-hydrogen) atoms. The number of carbonyl (C=O) groups is 1. The van der Waals surface area contributed by atoms with E-state index in [1.807, 2.05) is 0 Å². The number of sulfone groups is 1. The minimum absolute atomic E-state index is 0.0834. The second kappa shape index (κ2) is 4.59. The highest BCUT2D eigenvalue weighted by Gasteiger charge is 2.26. The van der Waals surface area contributed by atoms with Crippen molar-refractivity contribution in [2.45, 2.75) is 18.8 Å². The molecule has 3 heterocycles. The fraction of sp³-hybridized carbons (Fsp3) is 0.385. The van der Waals surface area contributed by atoms with Gasteiger partial charge in [0.25, 0.3) is 0 Å². The number of aromatic carboxylic acids is 1. The molecule has 1 saturated heterocycles. The molecular formula is C13H14N2O4S. The minimum Gasteiger partial charge on any atom is -0.477 e. The second-order valence-electron chi connectivity index (χ2n) is 5.04. The molecule has 0 aliphatic carbocycles. The molecule has 1 fully saturated rings. The highest BCUT2D eigenvalue weighted by atomic mass is 32.2. The molecule has 1 N–H and O–H groups in total. The van der Waals surface area contributed by atoms with Gasteiger partial charge in [-0.1, -0.05) is 6.07 Å². The average Bonchev–Trinajstić information content (AvgIpc) is 2.81. The molecule has 3 rings (SSSR count). The van der Waals surface area contributed by atoms with Gasteiger partial charge in [0.2, 0.25) is 0 Å². The highest BCUT2D eigenvalue weighted by Crippen LogP contribution is 2.28. The van der Waals surface area contributed by atoms with E-state index in [1.54, 1.807) is 22.7 Å². The van der Waals surface area contributed by atoms with Gasteiger partial charge in [-0.2, -0.15) is 0 Å². The Morgan fingerprint density at radius 3 is 2.65 bits per heavy atom. The lowest BCUT2D eigenvalue weighted by Crippen LogP contribution is -2.22. The lowest BCUT2D eigenvalue weighted by Gasteiger charge is -2.19. The molecule has 0 saturated carbocycles. The maximum atomic E-state index is 11.4. The van der Waals surface area contributed by atoms with Gasteiger partial charge in [-0.15, -0.1) is 0 Å². The predicted octanol–water partition coefficient (Wildman–Crippen LogP) is 1.32. The minimum atomic E-state index is -2.90. The Labute approximate surface area is 116 Å². The van der Waals surface area contributed by atoms with Crippen molar-refractivity contribution in [2.24, 2.45) is 0 Å². The van der Waals surface area contributed by atoms with E-state index in [2.05, 4.69) is 4.98 Å². The van der Waals surface area contributed by atoms with Crippen molar-refractivity contribution in [3.63, 3.8) is 0 Å². The molecule has 0 amide bonds. The van der Waals surface area contributed by atoms with Gasteiger partial charge >= 0.3 is 5.97 Å². The quantitative estimate of drug-likeness (QED) is 0.902. The molecule has 0 bridgehead atoms. The Kier molecular flexibility index (Phi) is 3.01. The molecule has 0 spiro atoms. The molecular weight excluding hydrogens is 280 g/mol. The van der Waals surface area contributed by atoms with E-state index < -0.39 is 15.8 Å². The van der Waals surface area contributed by atoms with Crippen molar-refractivity contribution in [3.8, 4) is 0 Å². The zero-order valence-electron chi connectivity index (χ0n) is 10.7. The topological polar surface area (TPSA) is 88.7 Å². The van der Waals surface area contributed by atoms with Gasteiger partial charge in [0, 0.05) is 12.1 Å². The van der Waals surface area contributed by atoms with E-state index in [-0.39, 0.29) is 23.1 Å². The number of hydrogen-bond donors (Lipinski definition) is 1. The number of carboxylic acid groups (broad SMARTS) is 1. The maximum absolute atomic E-state index is 11.4. The predicted molar refractivity (Wildman–Crippen MR) is 72.8 cm³/mol. The van der Waals surface area contributed by atoms with Crippen LogP contribution >= 0.6 is 0 Å². The first-order valence-corrected chi connectivity index (χ1v) is 8.20. The number of carboxylic acids is 1. The summed E-state index contributed by atoms with van der Waals surface area (Å²) in [4.78, 5) is 15.6. The van der Waals surface area contributed by atoms with Crippen molar-refractivity contribution < 1.29 is 18.3 Å². The summed E-state index contributed by atoms with van der Waals surface area (Å²) < 4.78 is 24.4. The maximum Gasteiger partial charge on any atom is 0.352 e. The number of aromatic nitrogens is 2. The normalized spacial score (nSPS) is 19.2. The van der Waals surface area contributed by atoms with Crippen LogP contribution in [0, 0.1) is 0 Å². The first-order valence-electron chi connectivity index (χ1n) is 6.38. The monoisotopic (exact) mass is 294 g/mol. The zero-order chi connectivity index (χ0) is 14.3. The molecule has 0 aromatic carbocycles. The summed E-state index contributed by atoms with van der Waals surface area (Å²) in [6.07, 6.45) is 2.81. The van der Waals surface area contributed by atoms with Gasteiger partial charge in [-0.3, -0.25) is 4.40 Å². The lowest BCUT2D eigenvalue weighted by molar-refractivity contribution is 0.0689. The third-order valence-corrected chi connectivity index (χ3v) is 5.42. The number of nitrogens with zero attached hydrogens (tertiary/aromatic N) is 2. The third-order valence-electron chi connectivity index (χ3n) is 3.70. The Morgan fingerprint density at radius 1 is 1.30 bits per heavy atom. The Morgan fingerprint density at radius 2 is 2.00 bits per heavy atom. The molecule has 2 aromatic heterocycles. The molecule has 6 nitrogen and oxygen atoms in total. The van der Waals surface area contributed by atoms with Crippen molar-refractivity contribution >= 4 is 21.5 Å². The molecule has 1 aliphatic rings. The first-order chi connectivity index (χ1) is 9.46. The second-order valence-corrected chi connectivity index (χ2v) is 7.34. The number of hydrogen-bond acceptors (Lipinski definition) is 4. The molecule has 2 aromatic rings. The van der Waals surface area contributed by atoms with Crippen LogP contribution in [0.4, 0.5) is 0 Å². The van der Waals surface area contributed by atoms with Crippen molar-refractivity contribution in [3.05, 3.63) is 35.8 Å². The van der Waals surface area contributed by atoms with Gasteiger partial charge in [-0.25, -0.2) is 18.2 Å². The van der Waals surface area contributed by atoms with Crippen LogP contribution in [0.25, 0.3) is 5.65 Å². The van der Waals surface area contributed by atoms with Crippen molar-refractivity contribution in [2.75, 3.05) is 11.5 Å². The smallest absolute Gasteiger partial charge is 0.352 e. The first kappa shape index (κ1) is 13.1. The van der Waals surface area contributed by atoms with Crippen LogP contribution in [-0.4, -0.2) is 40.4 Å². The van der Waals surface area contributed by atoms with Crippen molar-refractivity contribution in [1.82, 2.24) is 9.38 Å². The standard InChI is InChI=1S/C13H14N2O4S/c16-13(17)11-2-1-3-12-14-10(8-15(11)12)9-4-6-20(18,19)7-5-9/h1-3,8-9H,4-7H2,(H,16,17). The van der Waals surface area contributed by atoms with E-state index in [9.17, 15) is 13.2 Å². The van der Waals surface area contributed by atoms with Crippen molar-refractivity contribution in [1.29, 1.82) is 0 Å². The summed E-state index contributed by atoms with van der Waals surface area (Å²) in [6, 6.07) is 4.92. The van der Waals surface area contributed by atoms with Crippen LogP contribution in [0.1, 0.15) is 34.9 Å². The van der Waals surface area contributed by atoms with Gasteiger partial charge in [0.1, 0.15) is 21.2 Å². The van der Waals surface area contributed by atoms with E-state index in [0.717, 1.165) is 5.69 Å². The van der Waals surface area contributed by atoms with Gasteiger partial charge in [-0.05, 0) is 25.0 Å². The van der Waals surface area contributed by atoms with Gasteiger partial charge < -0.3 is 5.11 Å². The van der Waals surface area contributed by atoms with Gasteiger partial charge in [0.15, 0.2) is 0 Å². The van der Waals surface area contributed by atoms with Crippen LogP contribution in [0.15, 0.2) is 24.4 Å².